The molecule has 1 rings (SSSR count). The number of rotatable bonds is 5. The van der Waals surface area contributed by atoms with Crippen molar-refractivity contribution < 1.29 is 9.53 Å². The molecular weight excluding hydrogens is 236 g/mol. The molecule has 0 radical (unpaired) electrons. The first-order valence-electron chi connectivity index (χ1n) is 6.96. The molecule has 1 unspecified atom stereocenters. The van der Waals surface area contributed by atoms with E-state index in [4.69, 9.17) is 4.74 Å². The van der Waals surface area contributed by atoms with Crippen LogP contribution in [0.15, 0.2) is 18.2 Å². The summed E-state index contributed by atoms with van der Waals surface area (Å²) in [5.74, 6) is 0.164. The largest absolute Gasteiger partial charge is 0.370 e. The van der Waals surface area contributed by atoms with E-state index in [2.05, 4.69) is 26.0 Å². The highest BCUT2D eigenvalue weighted by Crippen LogP contribution is 2.24. The Morgan fingerprint density at radius 2 is 1.84 bits per heavy atom. The van der Waals surface area contributed by atoms with Gasteiger partial charge in [0.05, 0.1) is 0 Å². The molecule has 0 saturated heterocycles. The number of benzene rings is 1. The van der Waals surface area contributed by atoms with E-state index in [-0.39, 0.29) is 17.3 Å². The van der Waals surface area contributed by atoms with Gasteiger partial charge in [-0.25, -0.2) is 0 Å². The van der Waals surface area contributed by atoms with Crippen LogP contribution in [-0.4, -0.2) is 18.5 Å². The number of aryl methyl sites for hydroxylation is 2. The molecule has 0 bridgehead atoms. The first kappa shape index (κ1) is 15.9. The number of ether oxygens (including phenoxy) is 1. The van der Waals surface area contributed by atoms with Gasteiger partial charge in [0.25, 0.3) is 0 Å². The molecule has 2 nitrogen and oxygen atoms in total. The highest BCUT2D eigenvalue weighted by Gasteiger charge is 2.31. The van der Waals surface area contributed by atoms with Crippen LogP contribution >= 0.6 is 0 Å². The summed E-state index contributed by atoms with van der Waals surface area (Å²) in [4.78, 5) is 12.4. The Hall–Kier alpha value is -1.15. The number of Topliss-reactive ketones (excluding diaryl/α,β-unsaturated/α-hetero) is 1. The minimum absolute atomic E-state index is 0.160. The second-order valence-corrected chi connectivity index (χ2v) is 6.26. The monoisotopic (exact) mass is 262 g/mol. The summed E-state index contributed by atoms with van der Waals surface area (Å²) in [5.41, 5.74) is 3.40. The first-order chi connectivity index (χ1) is 8.75. The van der Waals surface area contributed by atoms with E-state index >= 15 is 0 Å². The van der Waals surface area contributed by atoms with E-state index in [1.54, 1.807) is 0 Å². The van der Waals surface area contributed by atoms with Crippen LogP contribution in [-0.2, 0) is 16.0 Å². The molecular formula is C17H26O2. The van der Waals surface area contributed by atoms with Crippen molar-refractivity contribution in [1.29, 1.82) is 0 Å². The van der Waals surface area contributed by atoms with Crippen LogP contribution in [0.5, 0.6) is 0 Å². The number of ketones is 1. The van der Waals surface area contributed by atoms with E-state index < -0.39 is 0 Å². The Morgan fingerprint density at radius 1 is 1.21 bits per heavy atom. The zero-order chi connectivity index (χ0) is 14.6. The van der Waals surface area contributed by atoms with E-state index in [9.17, 15) is 4.79 Å². The van der Waals surface area contributed by atoms with Gasteiger partial charge in [-0.2, -0.15) is 0 Å². The van der Waals surface area contributed by atoms with Crippen LogP contribution < -0.4 is 0 Å². The standard InChI is InChI=1S/C17H26O2/c1-7-19-16(17(4,5)6)15(18)11-14-9-8-12(2)13(3)10-14/h8-10,16H,7,11H2,1-6H3. The summed E-state index contributed by atoms with van der Waals surface area (Å²) < 4.78 is 5.64. The molecule has 0 spiro atoms. The quantitative estimate of drug-likeness (QED) is 0.805. The van der Waals surface area contributed by atoms with Gasteiger partial charge in [-0.1, -0.05) is 39.0 Å². The average molecular weight is 262 g/mol. The average Bonchev–Trinajstić information content (AvgIpc) is 2.29. The van der Waals surface area contributed by atoms with Crippen molar-refractivity contribution in [3.05, 3.63) is 34.9 Å². The number of hydrogen-bond donors (Lipinski definition) is 0. The molecule has 0 aliphatic carbocycles. The lowest BCUT2D eigenvalue weighted by Crippen LogP contribution is -2.38. The molecule has 0 saturated carbocycles. The molecule has 0 aliphatic rings. The van der Waals surface area contributed by atoms with Crippen molar-refractivity contribution in [2.45, 2.75) is 54.1 Å². The van der Waals surface area contributed by atoms with Gasteiger partial charge in [0.15, 0.2) is 5.78 Å². The van der Waals surface area contributed by atoms with E-state index in [0.717, 1.165) is 5.56 Å². The van der Waals surface area contributed by atoms with Crippen LogP contribution in [0.2, 0.25) is 0 Å². The summed E-state index contributed by atoms with van der Waals surface area (Å²) in [6.07, 6.45) is 0.113. The van der Waals surface area contributed by atoms with Crippen molar-refractivity contribution in [3.8, 4) is 0 Å². The lowest BCUT2D eigenvalue weighted by Gasteiger charge is -2.29. The highest BCUT2D eigenvalue weighted by molar-refractivity contribution is 5.86. The third-order valence-corrected chi connectivity index (χ3v) is 3.36. The van der Waals surface area contributed by atoms with Gasteiger partial charge in [-0.05, 0) is 42.9 Å². The van der Waals surface area contributed by atoms with Crippen molar-refractivity contribution in [1.82, 2.24) is 0 Å². The molecule has 0 heterocycles. The predicted molar refractivity (Wildman–Crippen MR) is 79.5 cm³/mol. The minimum Gasteiger partial charge on any atom is -0.370 e. The van der Waals surface area contributed by atoms with Crippen molar-refractivity contribution in [3.63, 3.8) is 0 Å². The lowest BCUT2D eigenvalue weighted by atomic mass is 9.84. The maximum atomic E-state index is 12.4. The van der Waals surface area contributed by atoms with Gasteiger partial charge in [0.1, 0.15) is 6.10 Å². The topological polar surface area (TPSA) is 26.3 Å². The number of hydrogen-bond acceptors (Lipinski definition) is 2. The van der Waals surface area contributed by atoms with Crippen molar-refractivity contribution in [2.24, 2.45) is 5.41 Å². The van der Waals surface area contributed by atoms with Crippen molar-refractivity contribution >= 4 is 5.78 Å². The molecule has 0 aliphatic heterocycles. The predicted octanol–water partition coefficient (Wildman–Crippen LogP) is 3.87. The molecule has 2 heteroatoms. The number of carbonyl (C=O) groups excluding carboxylic acids is 1. The van der Waals surface area contributed by atoms with Crippen molar-refractivity contribution in [2.75, 3.05) is 6.61 Å². The normalized spacial score (nSPS) is 13.4. The van der Waals surface area contributed by atoms with Gasteiger partial charge in [-0.3, -0.25) is 4.79 Å². The van der Waals surface area contributed by atoms with Crippen LogP contribution in [0.25, 0.3) is 0 Å². The molecule has 1 aromatic rings. The fraction of sp³-hybridized carbons (Fsp3) is 0.588. The van der Waals surface area contributed by atoms with E-state index in [1.807, 2.05) is 33.8 Å². The summed E-state index contributed by atoms with van der Waals surface area (Å²) in [7, 11) is 0. The summed E-state index contributed by atoms with van der Waals surface area (Å²) in [5, 5.41) is 0. The maximum Gasteiger partial charge on any atom is 0.166 e. The molecule has 0 N–H and O–H groups in total. The zero-order valence-corrected chi connectivity index (χ0v) is 13.0. The smallest absolute Gasteiger partial charge is 0.166 e. The van der Waals surface area contributed by atoms with Crippen LogP contribution in [0.1, 0.15) is 44.4 Å². The summed E-state index contributed by atoms with van der Waals surface area (Å²) in [6, 6.07) is 6.20. The Kier molecular flexibility index (Phi) is 5.30. The minimum atomic E-state index is -0.334. The SMILES string of the molecule is CCOC(C(=O)Cc1ccc(C)c(C)c1)C(C)(C)C. The zero-order valence-electron chi connectivity index (χ0n) is 13.0. The first-order valence-corrected chi connectivity index (χ1v) is 6.96. The second kappa shape index (κ2) is 6.33. The third-order valence-electron chi connectivity index (χ3n) is 3.36. The summed E-state index contributed by atoms with van der Waals surface area (Å²) >= 11 is 0. The van der Waals surface area contributed by atoms with Crippen LogP contribution in [0, 0.1) is 19.3 Å². The Labute approximate surface area is 117 Å². The van der Waals surface area contributed by atoms with Gasteiger partial charge in [-0.15, -0.1) is 0 Å². The Balaban J connectivity index is 2.84. The highest BCUT2D eigenvalue weighted by atomic mass is 16.5. The maximum absolute atomic E-state index is 12.4. The van der Waals surface area contributed by atoms with Crippen LogP contribution in [0.4, 0.5) is 0 Å². The molecule has 0 aromatic heterocycles. The van der Waals surface area contributed by atoms with E-state index in [0.29, 0.717) is 13.0 Å². The van der Waals surface area contributed by atoms with Gasteiger partial charge >= 0.3 is 0 Å². The Morgan fingerprint density at radius 3 is 2.32 bits per heavy atom. The van der Waals surface area contributed by atoms with Gasteiger partial charge < -0.3 is 4.74 Å². The van der Waals surface area contributed by atoms with Crippen LogP contribution in [0.3, 0.4) is 0 Å². The molecule has 0 amide bonds. The fourth-order valence-corrected chi connectivity index (χ4v) is 2.20. The lowest BCUT2D eigenvalue weighted by molar-refractivity contribution is -0.136. The fourth-order valence-electron chi connectivity index (χ4n) is 2.20. The molecule has 1 atom stereocenters. The molecule has 106 valence electrons. The van der Waals surface area contributed by atoms with Gasteiger partial charge in [0, 0.05) is 13.0 Å². The third kappa shape index (κ3) is 4.46. The van der Waals surface area contributed by atoms with E-state index in [1.165, 1.54) is 11.1 Å². The molecule has 1 aromatic carbocycles. The van der Waals surface area contributed by atoms with Gasteiger partial charge in [0.2, 0.25) is 0 Å². The Bertz CT molecular complexity index is 441. The summed E-state index contributed by atoms with van der Waals surface area (Å²) in [6.45, 7) is 12.8. The second-order valence-electron chi connectivity index (χ2n) is 6.26. The molecule has 0 fully saturated rings. The number of carbonyl (C=O) groups is 1. The molecule has 19 heavy (non-hydrogen) atoms.